The summed E-state index contributed by atoms with van der Waals surface area (Å²) in [4.78, 5) is 3.95. The van der Waals surface area contributed by atoms with Crippen LogP contribution in [0, 0.1) is 6.92 Å². The van der Waals surface area contributed by atoms with Crippen molar-refractivity contribution in [2.24, 2.45) is 0 Å². The molecule has 0 spiro atoms. The molecule has 9 heteroatoms. The zero-order chi connectivity index (χ0) is 15.3. The minimum atomic E-state index is -3.54. The Bertz CT molecular complexity index is 678. The summed E-state index contributed by atoms with van der Waals surface area (Å²) in [5.74, 6) is 0.724. The van der Waals surface area contributed by atoms with Crippen LogP contribution in [0.1, 0.15) is 30.6 Å². The molecule has 7 nitrogen and oxygen atoms in total. The molecule has 2 heterocycles. The maximum Gasteiger partial charge on any atom is 0.250 e. The van der Waals surface area contributed by atoms with Gasteiger partial charge in [-0.25, -0.2) is 13.1 Å². The molecule has 0 unspecified atom stereocenters. The van der Waals surface area contributed by atoms with Crippen molar-refractivity contribution in [3.63, 3.8) is 0 Å². The predicted octanol–water partition coefficient (Wildman–Crippen LogP) is 1.42. The largest absolute Gasteiger partial charge is 0.340 e. The Hall–Kier alpha value is -1.29. The number of rotatable bonds is 8. The van der Waals surface area contributed by atoms with E-state index in [0.717, 1.165) is 18.5 Å². The van der Waals surface area contributed by atoms with Gasteiger partial charge in [0.05, 0.1) is 6.54 Å². The average molecular weight is 330 g/mol. The molecule has 0 amide bonds. The molecule has 2 N–H and O–H groups in total. The van der Waals surface area contributed by atoms with Gasteiger partial charge in [0.15, 0.2) is 5.82 Å². The van der Waals surface area contributed by atoms with Crippen LogP contribution in [0.2, 0.25) is 0 Å². The average Bonchev–Trinajstić information content (AvgIpc) is 3.06. The summed E-state index contributed by atoms with van der Waals surface area (Å²) in [6, 6.07) is 1.68. The topological polar surface area (TPSA) is 97.1 Å². The number of nitrogens with zero attached hydrogens (tertiary/aromatic N) is 2. The van der Waals surface area contributed by atoms with Crippen LogP contribution in [0.3, 0.4) is 0 Å². The molecule has 0 atom stereocenters. The third-order valence-electron chi connectivity index (χ3n) is 2.64. The van der Waals surface area contributed by atoms with Crippen LogP contribution >= 0.6 is 11.3 Å². The molecule has 116 valence electrons. The second kappa shape index (κ2) is 7.12. The zero-order valence-electron chi connectivity index (χ0n) is 11.9. The number of nitrogens with one attached hydrogen (secondary N) is 2. The molecule has 2 aromatic heterocycles. The molecule has 0 saturated carbocycles. The first-order valence-electron chi connectivity index (χ1n) is 6.58. The van der Waals surface area contributed by atoms with Crippen LogP contribution in [0.4, 0.5) is 0 Å². The Morgan fingerprint density at radius 2 is 2.19 bits per heavy atom. The SMILES string of the molecule is CCCNCc1csc(S(=O)(=O)NCc2noc(C)n2)c1. The quantitative estimate of drug-likeness (QED) is 0.711. The number of thiophene rings is 1. The van der Waals surface area contributed by atoms with Gasteiger partial charge in [-0.2, -0.15) is 4.98 Å². The molecule has 2 rings (SSSR count). The minimum absolute atomic E-state index is 0.0149. The van der Waals surface area contributed by atoms with Gasteiger partial charge in [0, 0.05) is 13.5 Å². The fourth-order valence-corrected chi connectivity index (χ4v) is 3.87. The van der Waals surface area contributed by atoms with Crippen LogP contribution in [0.5, 0.6) is 0 Å². The number of hydrogen-bond donors (Lipinski definition) is 2. The fourth-order valence-electron chi connectivity index (χ4n) is 1.64. The van der Waals surface area contributed by atoms with E-state index in [9.17, 15) is 8.42 Å². The molecule has 0 aliphatic carbocycles. The molecule has 0 fully saturated rings. The molecular formula is C12H18N4O3S2. The van der Waals surface area contributed by atoms with Gasteiger partial charge in [-0.05, 0) is 30.0 Å². The van der Waals surface area contributed by atoms with Gasteiger partial charge in [0.25, 0.3) is 0 Å². The normalized spacial score (nSPS) is 11.9. The molecule has 0 aliphatic rings. The molecule has 0 radical (unpaired) electrons. The lowest BCUT2D eigenvalue weighted by Crippen LogP contribution is -2.23. The second-order valence-electron chi connectivity index (χ2n) is 4.50. The van der Waals surface area contributed by atoms with Crippen molar-refractivity contribution >= 4 is 21.4 Å². The molecular weight excluding hydrogens is 312 g/mol. The summed E-state index contributed by atoms with van der Waals surface area (Å²) in [5, 5.41) is 8.73. The lowest BCUT2D eigenvalue weighted by atomic mass is 10.3. The monoisotopic (exact) mass is 330 g/mol. The van der Waals surface area contributed by atoms with Crippen molar-refractivity contribution in [3.8, 4) is 0 Å². The Morgan fingerprint density at radius 3 is 2.86 bits per heavy atom. The molecule has 21 heavy (non-hydrogen) atoms. The molecule has 0 aromatic carbocycles. The summed E-state index contributed by atoms with van der Waals surface area (Å²) in [6.45, 7) is 5.33. The van der Waals surface area contributed by atoms with Gasteiger partial charge < -0.3 is 9.84 Å². The van der Waals surface area contributed by atoms with E-state index in [4.69, 9.17) is 4.52 Å². The highest BCUT2D eigenvalue weighted by molar-refractivity contribution is 7.91. The Labute approximate surface area is 127 Å². The summed E-state index contributed by atoms with van der Waals surface area (Å²) >= 11 is 1.20. The Kier molecular flexibility index (Phi) is 5.45. The van der Waals surface area contributed by atoms with Gasteiger partial charge >= 0.3 is 0 Å². The van der Waals surface area contributed by atoms with Crippen molar-refractivity contribution < 1.29 is 12.9 Å². The standard InChI is InChI=1S/C12H18N4O3S2/c1-3-4-13-6-10-5-12(20-8-10)21(17,18)14-7-11-15-9(2)19-16-11/h5,8,13-14H,3-4,6-7H2,1-2H3. The third-order valence-corrected chi connectivity index (χ3v) is 5.53. The highest BCUT2D eigenvalue weighted by Gasteiger charge is 2.17. The van der Waals surface area contributed by atoms with Gasteiger partial charge in [-0.1, -0.05) is 12.1 Å². The third kappa shape index (κ3) is 4.60. The summed E-state index contributed by atoms with van der Waals surface area (Å²) in [7, 11) is -3.54. The maximum atomic E-state index is 12.1. The van der Waals surface area contributed by atoms with Crippen molar-refractivity contribution in [1.82, 2.24) is 20.2 Å². The van der Waals surface area contributed by atoms with E-state index in [0.29, 0.717) is 18.3 Å². The molecule has 0 saturated heterocycles. The highest BCUT2D eigenvalue weighted by atomic mass is 32.2. The van der Waals surface area contributed by atoms with Crippen LogP contribution < -0.4 is 10.0 Å². The summed E-state index contributed by atoms with van der Waals surface area (Å²) in [6.07, 6.45) is 1.04. The smallest absolute Gasteiger partial charge is 0.250 e. The number of aryl methyl sites for hydroxylation is 1. The van der Waals surface area contributed by atoms with Crippen LogP contribution in [0.15, 0.2) is 20.2 Å². The highest BCUT2D eigenvalue weighted by Crippen LogP contribution is 2.20. The van der Waals surface area contributed by atoms with E-state index in [1.165, 1.54) is 11.3 Å². The molecule has 2 aromatic rings. The van der Waals surface area contributed by atoms with E-state index in [1.807, 2.05) is 5.38 Å². The van der Waals surface area contributed by atoms with E-state index in [1.54, 1.807) is 13.0 Å². The van der Waals surface area contributed by atoms with Crippen LogP contribution in [-0.4, -0.2) is 25.1 Å². The molecule has 0 bridgehead atoms. The van der Waals surface area contributed by atoms with E-state index in [-0.39, 0.29) is 10.8 Å². The number of sulfonamides is 1. The van der Waals surface area contributed by atoms with Crippen molar-refractivity contribution in [1.29, 1.82) is 0 Å². The Morgan fingerprint density at radius 1 is 1.38 bits per heavy atom. The Balaban J connectivity index is 1.95. The first kappa shape index (κ1) is 16.1. The fraction of sp³-hybridized carbons (Fsp3) is 0.500. The number of hydrogen-bond acceptors (Lipinski definition) is 7. The van der Waals surface area contributed by atoms with E-state index >= 15 is 0 Å². The summed E-state index contributed by atoms with van der Waals surface area (Å²) in [5.41, 5.74) is 0.962. The van der Waals surface area contributed by atoms with Gasteiger partial charge in [-0.3, -0.25) is 0 Å². The second-order valence-corrected chi connectivity index (χ2v) is 7.41. The van der Waals surface area contributed by atoms with Crippen LogP contribution in [0.25, 0.3) is 0 Å². The van der Waals surface area contributed by atoms with Crippen molar-refractivity contribution in [2.75, 3.05) is 6.54 Å². The lowest BCUT2D eigenvalue weighted by molar-refractivity contribution is 0.387. The van der Waals surface area contributed by atoms with E-state index < -0.39 is 10.0 Å². The first-order chi connectivity index (χ1) is 10.0. The zero-order valence-corrected chi connectivity index (χ0v) is 13.6. The van der Waals surface area contributed by atoms with E-state index in [2.05, 4.69) is 27.1 Å². The van der Waals surface area contributed by atoms with Crippen molar-refractivity contribution in [3.05, 3.63) is 28.7 Å². The minimum Gasteiger partial charge on any atom is -0.340 e. The van der Waals surface area contributed by atoms with Gasteiger partial charge in [0.2, 0.25) is 15.9 Å². The van der Waals surface area contributed by atoms with Crippen molar-refractivity contribution in [2.45, 2.75) is 37.6 Å². The van der Waals surface area contributed by atoms with Gasteiger partial charge in [-0.15, -0.1) is 11.3 Å². The number of aromatic nitrogens is 2. The van der Waals surface area contributed by atoms with Crippen LogP contribution in [-0.2, 0) is 23.1 Å². The lowest BCUT2D eigenvalue weighted by Gasteiger charge is -2.01. The van der Waals surface area contributed by atoms with Gasteiger partial charge in [0.1, 0.15) is 4.21 Å². The predicted molar refractivity (Wildman–Crippen MR) is 79.4 cm³/mol. The molecule has 0 aliphatic heterocycles. The summed E-state index contributed by atoms with van der Waals surface area (Å²) < 4.78 is 31.8. The first-order valence-corrected chi connectivity index (χ1v) is 8.94. The maximum absolute atomic E-state index is 12.1.